The van der Waals surface area contributed by atoms with Crippen LogP contribution in [-0.4, -0.2) is 59.6 Å². The van der Waals surface area contributed by atoms with Crippen LogP contribution in [0.3, 0.4) is 0 Å². The molecule has 2 saturated heterocycles. The molecule has 3 fully saturated rings. The van der Waals surface area contributed by atoms with Crippen LogP contribution < -0.4 is 0 Å². The highest BCUT2D eigenvalue weighted by atomic mass is 16.4. The Morgan fingerprint density at radius 1 is 1.24 bits per heavy atom. The molecule has 0 spiro atoms. The normalized spacial score (nSPS) is 36.4. The van der Waals surface area contributed by atoms with Crippen molar-refractivity contribution in [1.29, 1.82) is 0 Å². The van der Waals surface area contributed by atoms with Gasteiger partial charge >= 0.3 is 5.97 Å². The van der Waals surface area contributed by atoms with Gasteiger partial charge in [-0.1, -0.05) is 0 Å². The zero-order chi connectivity index (χ0) is 11.8. The first-order valence-corrected chi connectivity index (χ1v) is 6.90. The maximum Gasteiger partial charge on any atom is 0.317 e. The van der Waals surface area contributed by atoms with Crippen molar-refractivity contribution < 1.29 is 9.90 Å². The summed E-state index contributed by atoms with van der Waals surface area (Å²) in [5, 5.41) is 9.07. The maximum absolute atomic E-state index is 11.0. The molecule has 4 nitrogen and oxygen atoms in total. The number of fused-ring (bicyclic) bond motifs is 2. The minimum absolute atomic E-state index is 0.248. The van der Waals surface area contributed by atoms with E-state index in [0.717, 1.165) is 18.4 Å². The number of hydrogen-bond acceptors (Lipinski definition) is 3. The van der Waals surface area contributed by atoms with E-state index < -0.39 is 5.97 Å². The Morgan fingerprint density at radius 3 is 2.71 bits per heavy atom. The fraction of sp³-hybridized carbons (Fsp3) is 0.923. The van der Waals surface area contributed by atoms with Crippen molar-refractivity contribution >= 4 is 5.97 Å². The Bertz CT molecular complexity index is 304. The molecule has 3 unspecified atom stereocenters. The molecule has 2 heterocycles. The first kappa shape index (κ1) is 11.5. The molecule has 1 aliphatic carbocycles. The lowest BCUT2D eigenvalue weighted by molar-refractivity contribution is -0.139. The summed E-state index contributed by atoms with van der Waals surface area (Å²) >= 11 is 0. The van der Waals surface area contributed by atoms with Gasteiger partial charge in [0.15, 0.2) is 0 Å². The van der Waals surface area contributed by atoms with Gasteiger partial charge in [0.25, 0.3) is 0 Å². The molecule has 0 amide bonds. The van der Waals surface area contributed by atoms with Crippen LogP contribution in [0.15, 0.2) is 0 Å². The highest BCUT2D eigenvalue weighted by Crippen LogP contribution is 2.35. The van der Waals surface area contributed by atoms with E-state index in [4.69, 9.17) is 5.11 Å². The zero-order valence-corrected chi connectivity index (χ0v) is 10.3. The fourth-order valence-corrected chi connectivity index (χ4v) is 3.53. The molecule has 0 aromatic rings. The highest BCUT2D eigenvalue weighted by Gasteiger charge is 2.39. The fourth-order valence-electron chi connectivity index (χ4n) is 3.53. The Labute approximate surface area is 103 Å². The molecular formula is C13H22N2O2. The van der Waals surface area contributed by atoms with Gasteiger partial charge in [-0.3, -0.25) is 9.69 Å². The van der Waals surface area contributed by atoms with Gasteiger partial charge < -0.3 is 10.0 Å². The number of carbonyl (C=O) groups is 1. The van der Waals surface area contributed by atoms with Gasteiger partial charge in [-0.05, 0) is 50.6 Å². The standard InChI is InChI=1S/C13H22N2O2/c16-13(17)9-15(7-10-1-2-10)12-4-6-14-5-3-11(12)8-14/h10-12H,1-9H2,(H,16,17). The van der Waals surface area contributed by atoms with Gasteiger partial charge in [0, 0.05) is 19.1 Å². The minimum atomic E-state index is -0.661. The van der Waals surface area contributed by atoms with Gasteiger partial charge in [0.2, 0.25) is 0 Å². The Hall–Kier alpha value is -0.610. The quantitative estimate of drug-likeness (QED) is 0.772. The summed E-state index contributed by atoms with van der Waals surface area (Å²) in [6.45, 7) is 4.87. The maximum atomic E-state index is 11.0. The Balaban J connectivity index is 1.65. The van der Waals surface area contributed by atoms with Crippen molar-refractivity contribution in [3.63, 3.8) is 0 Å². The van der Waals surface area contributed by atoms with Gasteiger partial charge in [0.05, 0.1) is 6.54 Å². The lowest BCUT2D eigenvalue weighted by Gasteiger charge is -2.38. The number of piperidine rings is 1. The Morgan fingerprint density at radius 2 is 2.00 bits per heavy atom. The molecule has 17 heavy (non-hydrogen) atoms. The molecule has 4 heteroatoms. The zero-order valence-electron chi connectivity index (χ0n) is 10.3. The van der Waals surface area contributed by atoms with E-state index in [0.29, 0.717) is 6.04 Å². The summed E-state index contributed by atoms with van der Waals surface area (Å²) in [4.78, 5) is 15.8. The number of nitrogens with zero attached hydrogens (tertiary/aromatic N) is 2. The van der Waals surface area contributed by atoms with E-state index >= 15 is 0 Å². The molecule has 96 valence electrons. The third-order valence-electron chi connectivity index (χ3n) is 4.59. The summed E-state index contributed by atoms with van der Waals surface area (Å²) in [6.07, 6.45) is 5.05. The minimum Gasteiger partial charge on any atom is -0.480 e. The number of rotatable bonds is 5. The summed E-state index contributed by atoms with van der Waals surface area (Å²) in [5.74, 6) is 0.849. The molecule has 3 atom stereocenters. The second kappa shape index (κ2) is 4.58. The molecule has 0 aromatic heterocycles. The summed E-state index contributed by atoms with van der Waals surface area (Å²) in [7, 11) is 0. The van der Waals surface area contributed by atoms with Crippen LogP contribution in [0.5, 0.6) is 0 Å². The molecule has 2 aliphatic heterocycles. The van der Waals surface area contributed by atoms with E-state index in [1.165, 1.54) is 45.3 Å². The summed E-state index contributed by atoms with van der Waals surface area (Å²) in [6, 6.07) is 0.533. The lowest BCUT2D eigenvalue weighted by atomic mass is 9.92. The topological polar surface area (TPSA) is 43.8 Å². The summed E-state index contributed by atoms with van der Waals surface area (Å²) in [5.41, 5.74) is 0. The first-order chi connectivity index (χ1) is 8.22. The summed E-state index contributed by atoms with van der Waals surface area (Å²) < 4.78 is 0. The molecule has 1 saturated carbocycles. The van der Waals surface area contributed by atoms with Crippen LogP contribution in [0, 0.1) is 11.8 Å². The van der Waals surface area contributed by atoms with Gasteiger partial charge in [0.1, 0.15) is 0 Å². The van der Waals surface area contributed by atoms with E-state index in [1.54, 1.807) is 0 Å². The van der Waals surface area contributed by atoms with Crippen LogP contribution in [0.2, 0.25) is 0 Å². The molecule has 2 bridgehead atoms. The van der Waals surface area contributed by atoms with E-state index in [2.05, 4.69) is 9.80 Å². The van der Waals surface area contributed by atoms with Crippen molar-refractivity contribution in [3.8, 4) is 0 Å². The van der Waals surface area contributed by atoms with Gasteiger partial charge in [-0.25, -0.2) is 0 Å². The highest BCUT2D eigenvalue weighted by molar-refractivity contribution is 5.69. The predicted molar refractivity (Wildman–Crippen MR) is 64.9 cm³/mol. The van der Waals surface area contributed by atoms with Crippen LogP contribution in [0.4, 0.5) is 0 Å². The van der Waals surface area contributed by atoms with E-state index in [9.17, 15) is 4.79 Å². The number of carboxylic acids is 1. The third kappa shape index (κ3) is 2.63. The van der Waals surface area contributed by atoms with Gasteiger partial charge in [-0.15, -0.1) is 0 Å². The average molecular weight is 238 g/mol. The molecular weight excluding hydrogens is 216 g/mol. The van der Waals surface area contributed by atoms with Crippen molar-refractivity contribution in [1.82, 2.24) is 9.80 Å². The second-order valence-electron chi connectivity index (χ2n) is 5.97. The largest absolute Gasteiger partial charge is 0.480 e. The van der Waals surface area contributed by atoms with Gasteiger partial charge in [-0.2, -0.15) is 0 Å². The molecule has 3 rings (SSSR count). The van der Waals surface area contributed by atoms with Crippen LogP contribution in [0.25, 0.3) is 0 Å². The van der Waals surface area contributed by atoms with E-state index in [1.807, 2.05) is 0 Å². The monoisotopic (exact) mass is 238 g/mol. The average Bonchev–Trinajstić information content (AvgIpc) is 3.02. The number of carboxylic acid groups (broad SMARTS) is 1. The van der Waals surface area contributed by atoms with Crippen LogP contribution in [-0.2, 0) is 4.79 Å². The number of aliphatic carboxylic acids is 1. The van der Waals surface area contributed by atoms with Crippen molar-refractivity contribution in [3.05, 3.63) is 0 Å². The molecule has 1 N–H and O–H groups in total. The van der Waals surface area contributed by atoms with Crippen LogP contribution >= 0.6 is 0 Å². The molecule has 3 aliphatic rings. The Kier molecular flexibility index (Phi) is 3.09. The second-order valence-corrected chi connectivity index (χ2v) is 5.97. The first-order valence-electron chi connectivity index (χ1n) is 6.90. The smallest absolute Gasteiger partial charge is 0.317 e. The SMILES string of the molecule is O=C(O)CN(CC1CC1)C1CCN2CCC1C2. The van der Waals surface area contributed by atoms with E-state index in [-0.39, 0.29) is 6.54 Å². The number of hydrogen-bond donors (Lipinski definition) is 1. The predicted octanol–water partition coefficient (Wildman–Crippen LogP) is 0.877. The van der Waals surface area contributed by atoms with Crippen molar-refractivity contribution in [2.24, 2.45) is 11.8 Å². The molecule has 0 radical (unpaired) electrons. The van der Waals surface area contributed by atoms with Crippen molar-refractivity contribution in [2.75, 3.05) is 32.7 Å². The third-order valence-corrected chi connectivity index (χ3v) is 4.59. The van der Waals surface area contributed by atoms with Crippen LogP contribution in [0.1, 0.15) is 25.7 Å². The molecule has 0 aromatic carbocycles. The lowest BCUT2D eigenvalue weighted by Crippen LogP contribution is -2.49. The van der Waals surface area contributed by atoms with Crippen molar-refractivity contribution in [2.45, 2.75) is 31.7 Å².